The third kappa shape index (κ3) is 5.01. The minimum Gasteiger partial charge on any atom is -0.403 e. The Labute approximate surface area is 197 Å². The first-order chi connectivity index (χ1) is 16.3. The molecule has 0 spiro atoms. The molecule has 1 aliphatic rings. The number of hydrazine groups is 1. The maximum Gasteiger partial charge on any atom is 0.295 e. The maximum atomic E-state index is 14.9. The average Bonchev–Trinajstić information content (AvgIpc) is 3.32. The van der Waals surface area contributed by atoms with Gasteiger partial charge in [0.1, 0.15) is 11.7 Å². The summed E-state index contributed by atoms with van der Waals surface area (Å²) in [6, 6.07) is 9.34. The van der Waals surface area contributed by atoms with E-state index in [9.17, 15) is 14.0 Å². The van der Waals surface area contributed by atoms with Crippen molar-refractivity contribution in [3.8, 4) is 0 Å². The summed E-state index contributed by atoms with van der Waals surface area (Å²) < 4.78 is 14.9. The van der Waals surface area contributed by atoms with Crippen molar-refractivity contribution < 1.29 is 14.0 Å². The molecule has 2 heterocycles. The zero-order valence-corrected chi connectivity index (χ0v) is 19.3. The number of hydrogen-bond acceptors (Lipinski definition) is 6. The second-order valence-electron chi connectivity index (χ2n) is 7.87. The third-order valence-corrected chi connectivity index (χ3v) is 5.83. The monoisotopic (exact) mass is 467 g/mol. The highest BCUT2D eigenvalue weighted by Gasteiger charge is 2.29. The van der Waals surface area contributed by atoms with Crippen molar-refractivity contribution >= 4 is 29.0 Å². The topological polar surface area (TPSA) is 136 Å². The molecule has 1 aliphatic heterocycles. The lowest BCUT2D eigenvalue weighted by molar-refractivity contribution is -0.127. The highest BCUT2D eigenvalue weighted by Crippen LogP contribution is 2.11. The van der Waals surface area contributed by atoms with Crippen LogP contribution in [0.25, 0.3) is 11.5 Å². The first kappa shape index (κ1) is 24.7. The molecule has 0 bridgehead atoms. The Morgan fingerprint density at radius 1 is 1.18 bits per heavy atom. The van der Waals surface area contributed by atoms with Crippen LogP contribution < -0.4 is 22.1 Å². The number of halogens is 1. The smallest absolute Gasteiger partial charge is 0.295 e. The van der Waals surface area contributed by atoms with Gasteiger partial charge in [0, 0.05) is 55.6 Å². The second kappa shape index (κ2) is 10.8. The highest BCUT2D eigenvalue weighted by molar-refractivity contribution is 6.42. The molecule has 0 aliphatic carbocycles. The van der Waals surface area contributed by atoms with E-state index < -0.39 is 17.5 Å². The summed E-state index contributed by atoms with van der Waals surface area (Å²) in [6.45, 7) is 4.69. The Kier molecular flexibility index (Phi) is 7.85. The SMILES string of the molecule is CC/C(F)=c1/c(C(=O)C(=O)N2CCN(C(=N)c3ccccc3)CC2)c[nH]/c1=C(/C)N(N)/C=C\N. The first-order valence-electron chi connectivity index (χ1n) is 11.0. The van der Waals surface area contributed by atoms with Crippen LogP contribution in [-0.4, -0.2) is 63.5 Å². The Morgan fingerprint density at radius 2 is 1.79 bits per heavy atom. The Morgan fingerprint density at radius 3 is 2.38 bits per heavy atom. The Bertz CT molecular complexity index is 1210. The van der Waals surface area contributed by atoms with Gasteiger partial charge in [0.05, 0.1) is 16.6 Å². The van der Waals surface area contributed by atoms with Crippen LogP contribution in [0.2, 0.25) is 0 Å². The average molecular weight is 468 g/mol. The molecule has 1 saturated heterocycles. The fourth-order valence-electron chi connectivity index (χ4n) is 3.85. The molecule has 34 heavy (non-hydrogen) atoms. The van der Waals surface area contributed by atoms with Gasteiger partial charge in [-0.3, -0.25) is 20.0 Å². The number of nitrogens with one attached hydrogen (secondary N) is 2. The third-order valence-electron chi connectivity index (χ3n) is 5.83. The van der Waals surface area contributed by atoms with Crippen LogP contribution in [0.5, 0.6) is 0 Å². The van der Waals surface area contributed by atoms with Gasteiger partial charge in [-0.25, -0.2) is 10.2 Å². The molecule has 1 amide bonds. The van der Waals surface area contributed by atoms with Crippen LogP contribution >= 0.6 is 0 Å². The normalized spacial score (nSPS) is 15.9. The molecule has 10 heteroatoms. The first-order valence-corrected chi connectivity index (χ1v) is 11.0. The minimum atomic E-state index is -0.793. The van der Waals surface area contributed by atoms with Gasteiger partial charge in [-0.2, -0.15) is 0 Å². The molecule has 2 aromatic rings. The number of carbonyl (C=O) groups excluding carboxylic acids is 2. The molecule has 1 fully saturated rings. The molecule has 180 valence electrons. The van der Waals surface area contributed by atoms with Crippen molar-refractivity contribution in [2.24, 2.45) is 11.6 Å². The van der Waals surface area contributed by atoms with Gasteiger partial charge < -0.3 is 20.5 Å². The largest absolute Gasteiger partial charge is 0.403 e. The van der Waals surface area contributed by atoms with Crippen LogP contribution in [0.1, 0.15) is 36.2 Å². The van der Waals surface area contributed by atoms with E-state index in [-0.39, 0.29) is 30.3 Å². The van der Waals surface area contributed by atoms with Crippen LogP contribution in [0, 0.1) is 5.41 Å². The van der Waals surface area contributed by atoms with Crippen LogP contribution in [0.4, 0.5) is 4.39 Å². The molecular formula is C24H30FN7O2. The minimum absolute atomic E-state index is 0.0312. The summed E-state index contributed by atoms with van der Waals surface area (Å²) in [5.74, 6) is 4.26. The maximum absolute atomic E-state index is 14.9. The van der Waals surface area contributed by atoms with Gasteiger partial charge in [0.2, 0.25) is 0 Å². The van der Waals surface area contributed by atoms with Crippen LogP contribution in [0.3, 0.4) is 0 Å². The van der Waals surface area contributed by atoms with Gasteiger partial charge in [-0.05, 0) is 13.3 Å². The zero-order valence-electron chi connectivity index (χ0n) is 19.3. The molecule has 0 saturated carbocycles. The molecule has 9 nitrogen and oxygen atoms in total. The van der Waals surface area contributed by atoms with Crippen molar-refractivity contribution in [3.05, 3.63) is 70.6 Å². The number of nitrogens with zero attached hydrogens (tertiary/aromatic N) is 3. The lowest BCUT2D eigenvalue weighted by Crippen LogP contribution is -2.52. The van der Waals surface area contributed by atoms with Crippen molar-refractivity contribution in [1.29, 1.82) is 5.41 Å². The van der Waals surface area contributed by atoms with Gasteiger partial charge in [-0.15, -0.1) is 0 Å². The van der Waals surface area contributed by atoms with E-state index in [1.165, 1.54) is 28.5 Å². The molecule has 6 N–H and O–H groups in total. The zero-order chi connectivity index (χ0) is 24.8. The molecule has 0 unspecified atom stereocenters. The number of carbonyl (C=O) groups is 2. The fourth-order valence-corrected chi connectivity index (χ4v) is 3.85. The van der Waals surface area contributed by atoms with Gasteiger partial charge in [0.15, 0.2) is 0 Å². The number of benzene rings is 1. The number of piperazine rings is 1. The van der Waals surface area contributed by atoms with E-state index in [0.29, 0.717) is 30.0 Å². The van der Waals surface area contributed by atoms with Crippen LogP contribution in [-0.2, 0) is 4.79 Å². The lowest BCUT2D eigenvalue weighted by atomic mass is 10.1. The number of amidine groups is 1. The quantitative estimate of drug-likeness (QED) is 0.123. The van der Waals surface area contributed by atoms with E-state index in [2.05, 4.69) is 4.98 Å². The number of nitrogens with two attached hydrogens (primary N) is 2. The summed E-state index contributed by atoms with van der Waals surface area (Å²) in [4.78, 5) is 32.3. The standard InChI is InChI=1S/C24H30FN7O2/c1-3-19(25)20-18(15-29-21(20)16(2)32(28)10-9-26)22(33)24(34)31-13-11-30(12-14-31)23(27)17-7-5-4-6-8-17/h4-10,15,27,29H,3,11-14,26,28H2,1-2H3/b10-9-,20-19+,21-16-,27-23?. The molecular weight excluding hydrogens is 437 g/mol. The fraction of sp³-hybridized carbons (Fsp3) is 0.292. The number of amides is 1. The molecule has 1 aromatic carbocycles. The number of hydrogen-bond donors (Lipinski definition) is 4. The lowest BCUT2D eigenvalue weighted by Gasteiger charge is -2.35. The number of rotatable bonds is 6. The molecule has 1 aromatic heterocycles. The van der Waals surface area contributed by atoms with E-state index in [0.717, 1.165) is 5.56 Å². The predicted molar refractivity (Wildman–Crippen MR) is 129 cm³/mol. The number of ketones is 1. The van der Waals surface area contributed by atoms with Crippen molar-refractivity contribution in [2.75, 3.05) is 26.2 Å². The number of Topliss-reactive ketones (excluding diaryl/α,β-unsaturated/α-hetero) is 1. The number of aromatic nitrogens is 1. The van der Waals surface area contributed by atoms with Crippen molar-refractivity contribution in [1.82, 2.24) is 19.8 Å². The van der Waals surface area contributed by atoms with E-state index in [1.54, 1.807) is 13.8 Å². The van der Waals surface area contributed by atoms with E-state index in [1.807, 2.05) is 35.2 Å². The Balaban J connectivity index is 1.83. The second-order valence-corrected chi connectivity index (χ2v) is 7.87. The summed E-state index contributed by atoms with van der Waals surface area (Å²) in [6.07, 6.45) is 4.01. The molecule has 3 rings (SSSR count). The number of H-pyrrole nitrogens is 1. The Hall–Kier alpha value is -3.92. The van der Waals surface area contributed by atoms with Crippen molar-refractivity contribution in [2.45, 2.75) is 20.3 Å². The van der Waals surface area contributed by atoms with E-state index >= 15 is 0 Å². The predicted octanol–water partition coefficient (Wildman–Crippen LogP) is 0.589. The van der Waals surface area contributed by atoms with Gasteiger partial charge in [-0.1, -0.05) is 37.3 Å². The molecule has 0 atom stereocenters. The molecule has 0 radical (unpaired) electrons. The highest BCUT2D eigenvalue weighted by atomic mass is 19.1. The van der Waals surface area contributed by atoms with Gasteiger partial charge >= 0.3 is 0 Å². The van der Waals surface area contributed by atoms with Crippen molar-refractivity contribution in [3.63, 3.8) is 0 Å². The summed E-state index contributed by atoms with van der Waals surface area (Å²) in [5.41, 5.74) is 6.56. The number of aromatic amines is 1. The summed E-state index contributed by atoms with van der Waals surface area (Å²) in [5, 5.41) is 9.94. The van der Waals surface area contributed by atoms with Gasteiger partial charge in [0.25, 0.3) is 11.7 Å². The summed E-state index contributed by atoms with van der Waals surface area (Å²) >= 11 is 0. The summed E-state index contributed by atoms with van der Waals surface area (Å²) in [7, 11) is 0. The van der Waals surface area contributed by atoms with Crippen LogP contribution in [0.15, 0.2) is 48.9 Å². The van der Waals surface area contributed by atoms with E-state index in [4.69, 9.17) is 17.0 Å².